The zero-order chi connectivity index (χ0) is 21.9. The zero-order valence-electron chi connectivity index (χ0n) is 17.5. The first-order valence-corrected chi connectivity index (χ1v) is 11.1. The van der Waals surface area contributed by atoms with E-state index in [-0.39, 0.29) is 17.9 Å². The molecule has 4 aromatic rings. The second-order valence-corrected chi connectivity index (χ2v) is 8.47. The zero-order valence-corrected chi connectivity index (χ0v) is 18.3. The minimum absolute atomic E-state index is 0.0920. The average molecular weight is 443 g/mol. The lowest BCUT2D eigenvalue weighted by Crippen LogP contribution is -2.28. The Morgan fingerprint density at radius 1 is 0.906 bits per heavy atom. The smallest absolute Gasteiger partial charge is 0.276 e. The molecule has 3 aromatic carbocycles. The number of hydrogen-bond acceptors (Lipinski definition) is 3. The molecule has 0 unspecified atom stereocenters. The lowest BCUT2D eigenvalue weighted by atomic mass is 9.98. The van der Waals surface area contributed by atoms with Crippen molar-refractivity contribution >= 4 is 17.5 Å². The van der Waals surface area contributed by atoms with Crippen molar-refractivity contribution in [2.24, 2.45) is 0 Å². The summed E-state index contributed by atoms with van der Waals surface area (Å²) in [5.41, 5.74) is 3.63. The molecular formula is C26H23ClN4O. The van der Waals surface area contributed by atoms with Crippen molar-refractivity contribution in [1.82, 2.24) is 19.9 Å². The van der Waals surface area contributed by atoms with Crippen LogP contribution in [0.5, 0.6) is 0 Å². The number of likely N-dealkylation sites (tertiary alicyclic amines) is 1. The summed E-state index contributed by atoms with van der Waals surface area (Å²) in [6.45, 7) is 1.32. The topological polar surface area (TPSA) is 51.0 Å². The van der Waals surface area contributed by atoms with Crippen LogP contribution < -0.4 is 0 Å². The molecule has 6 heteroatoms. The molecule has 1 fully saturated rings. The van der Waals surface area contributed by atoms with Gasteiger partial charge in [0.05, 0.1) is 6.20 Å². The second kappa shape index (κ2) is 8.97. The highest BCUT2D eigenvalue weighted by atomic mass is 35.5. The van der Waals surface area contributed by atoms with Crippen molar-refractivity contribution in [2.75, 3.05) is 13.1 Å². The Balaban J connectivity index is 1.39. The highest BCUT2D eigenvalue weighted by molar-refractivity contribution is 6.31. The van der Waals surface area contributed by atoms with E-state index in [4.69, 9.17) is 11.6 Å². The Morgan fingerprint density at radius 2 is 1.53 bits per heavy atom. The number of nitrogens with zero attached hydrogens (tertiary/aromatic N) is 4. The van der Waals surface area contributed by atoms with Gasteiger partial charge in [-0.15, -0.1) is 5.10 Å². The van der Waals surface area contributed by atoms with Crippen molar-refractivity contribution in [3.8, 4) is 0 Å². The predicted molar refractivity (Wildman–Crippen MR) is 125 cm³/mol. The number of aromatic nitrogens is 3. The number of carbonyl (C=O) groups is 1. The first-order chi connectivity index (χ1) is 15.7. The fraction of sp³-hybridized carbons (Fsp3) is 0.192. The van der Waals surface area contributed by atoms with Gasteiger partial charge in [-0.1, -0.05) is 95.7 Å². The van der Waals surface area contributed by atoms with Gasteiger partial charge in [0.1, 0.15) is 6.04 Å². The molecule has 0 N–H and O–H groups in total. The van der Waals surface area contributed by atoms with Crippen molar-refractivity contribution < 1.29 is 4.79 Å². The standard InChI is InChI=1S/C26H23ClN4O/c27-23-14-8-7-13-22(23)21-15-16-30(17-21)26(32)24-18-31(29-28-24)25(19-9-3-1-4-10-19)20-11-5-2-6-12-20/h1-14,18,21,25H,15-17H2/t21-/m0/s1. The minimum Gasteiger partial charge on any atom is -0.337 e. The maximum atomic E-state index is 13.2. The molecule has 5 nitrogen and oxygen atoms in total. The summed E-state index contributed by atoms with van der Waals surface area (Å²) in [6.07, 6.45) is 2.65. The van der Waals surface area contributed by atoms with Crippen LogP contribution >= 0.6 is 11.6 Å². The van der Waals surface area contributed by atoms with Gasteiger partial charge in [0.25, 0.3) is 5.91 Å². The molecule has 1 aliphatic rings. The summed E-state index contributed by atoms with van der Waals surface area (Å²) in [4.78, 5) is 15.0. The van der Waals surface area contributed by atoms with Gasteiger partial charge >= 0.3 is 0 Å². The molecular weight excluding hydrogens is 420 g/mol. The van der Waals surface area contributed by atoms with Crippen LogP contribution in [-0.2, 0) is 0 Å². The van der Waals surface area contributed by atoms with E-state index < -0.39 is 0 Å². The van der Waals surface area contributed by atoms with Crippen molar-refractivity contribution in [3.63, 3.8) is 0 Å². The van der Waals surface area contributed by atoms with E-state index in [0.717, 1.165) is 28.1 Å². The van der Waals surface area contributed by atoms with Gasteiger partial charge in [-0.3, -0.25) is 4.79 Å². The summed E-state index contributed by atoms with van der Waals surface area (Å²) in [5, 5.41) is 9.35. The van der Waals surface area contributed by atoms with Crippen LogP contribution in [0.15, 0.2) is 91.1 Å². The third kappa shape index (κ3) is 4.04. The first kappa shape index (κ1) is 20.5. The lowest BCUT2D eigenvalue weighted by molar-refractivity contribution is 0.0785. The predicted octanol–water partition coefficient (Wildman–Crippen LogP) is 5.20. The van der Waals surface area contributed by atoms with Gasteiger partial charge < -0.3 is 4.90 Å². The van der Waals surface area contributed by atoms with Gasteiger partial charge in [-0.05, 0) is 29.2 Å². The number of rotatable bonds is 5. The van der Waals surface area contributed by atoms with E-state index in [1.54, 1.807) is 10.9 Å². The Hall–Kier alpha value is -3.44. The van der Waals surface area contributed by atoms with E-state index in [1.165, 1.54) is 0 Å². The molecule has 1 amide bonds. The van der Waals surface area contributed by atoms with E-state index >= 15 is 0 Å². The normalized spacial score (nSPS) is 15.9. The molecule has 0 spiro atoms. The van der Waals surface area contributed by atoms with Crippen molar-refractivity contribution in [2.45, 2.75) is 18.4 Å². The maximum Gasteiger partial charge on any atom is 0.276 e. The number of amides is 1. The Morgan fingerprint density at radius 3 is 2.19 bits per heavy atom. The molecule has 1 aromatic heterocycles. The second-order valence-electron chi connectivity index (χ2n) is 8.07. The van der Waals surface area contributed by atoms with Crippen LogP contribution in [-0.4, -0.2) is 38.9 Å². The first-order valence-electron chi connectivity index (χ1n) is 10.8. The highest BCUT2D eigenvalue weighted by Gasteiger charge is 2.31. The maximum absolute atomic E-state index is 13.2. The van der Waals surface area contributed by atoms with Crippen LogP contribution in [0.1, 0.15) is 45.6 Å². The third-order valence-corrected chi connectivity index (χ3v) is 6.39. The number of hydrogen-bond donors (Lipinski definition) is 0. The molecule has 32 heavy (non-hydrogen) atoms. The molecule has 2 heterocycles. The quantitative estimate of drug-likeness (QED) is 0.427. The molecule has 5 rings (SSSR count). The Bertz CT molecular complexity index is 1170. The summed E-state index contributed by atoms with van der Waals surface area (Å²) in [5.74, 6) is 0.148. The van der Waals surface area contributed by atoms with Crippen LogP contribution in [0.2, 0.25) is 5.02 Å². The largest absolute Gasteiger partial charge is 0.337 e. The van der Waals surface area contributed by atoms with E-state index in [9.17, 15) is 4.79 Å². The molecule has 0 saturated carbocycles. The summed E-state index contributed by atoms with van der Waals surface area (Å²) in [7, 11) is 0. The van der Waals surface area contributed by atoms with E-state index in [1.807, 2.05) is 65.6 Å². The monoisotopic (exact) mass is 442 g/mol. The van der Waals surface area contributed by atoms with Crippen LogP contribution in [0.25, 0.3) is 0 Å². The molecule has 1 saturated heterocycles. The number of benzene rings is 3. The third-order valence-electron chi connectivity index (χ3n) is 6.05. The Labute approximate surface area is 192 Å². The van der Waals surface area contributed by atoms with Crippen molar-refractivity contribution in [3.05, 3.63) is 119 Å². The number of carbonyl (C=O) groups excluding carboxylic acids is 1. The van der Waals surface area contributed by atoms with Gasteiger partial charge in [0.2, 0.25) is 0 Å². The molecule has 0 bridgehead atoms. The molecule has 1 atom stereocenters. The lowest BCUT2D eigenvalue weighted by Gasteiger charge is -2.18. The minimum atomic E-state index is -0.152. The van der Waals surface area contributed by atoms with E-state index in [2.05, 4.69) is 34.6 Å². The Kier molecular flexibility index (Phi) is 5.73. The average Bonchev–Trinajstić information content (AvgIpc) is 3.51. The summed E-state index contributed by atoms with van der Waals surface area (Å²) in [6, 6.07) is 28.0. The number of halogens is 1. The molecule has 160 valence electrons. The van der Waals surface area contributed by atoms with Gasteiger partial charge in [0.15, 0.2) is 5.69 Å². The molecule has 0 radical (unpaired) electrons. The van der Waals surface area contributed by atoms with Gasteiger partial charge in [0, 0.05) is 24.0 Å². The van der Waals surface area contributed by atoms with Gasteiger partial charge in [-0.2, -0.15) is 0 Å². The van der Waals surface area contributed by atoms with Gasteiger partial charge in [-0.25, -0.2) is 4.68 Å². The summed E-state index contributed by atoms with van der Waals surface area (Å²) >= 11 is 6.37. The van der Waals surface area contributed by atoms with Crippen LogP contribution in [0.3, 0.4) is 0 Å². The fourth-order valence-electron chi connectivity index (χ4n) is 4.44. The highest BCUT2D eigenvalue weighted by Crippen LogP contribution is 2.32. The molecule has 0 aliphatic carbocycles. The molecule has 1 aliphatic heterocycles. The summed E-state index contributed by atoms with van der Waals surface area (Å²) < 4.78 is 1.78. The van der Waals surface area contributed by atoms with E-state index in [0.29, 0.717) is 18.8 Å². The SMILES string of the molecule is O=C(c1cn(C(c2ccccc2)c2ccccc2)nn1)N1CC[C@H](c2ccccc2Cl)C1. The van der Waals surface area contributed by atoms with Crippen molar-refractivity contribution in [1.29, 1.82) is 0 Å². The van der Waals surface area contributed by atoms with Crippen LogP contribution in [0, 0.1) is 0 Å². The van der Waals surface area contributed by atoms with Crippen LogP contribution in [0.4, 0.5) is 0 Å². The fourth-order valence-corrected chi connectivity index (χ4v) is 4.73.